The number of amides is 1. The summed E-state index contributed by atoms with van der Waals surface area (Å²) in [7, 11) is 3.40. The molecule has 8 heteroatoms. The van der Waals surface area contributed by atoms with Crippen LogP contribution in [0.25, 0.3) is 10.9 Å². The Bertz CT molecular complexity index is 906. The molecule has 0 aliphatic carbocycles. The van der Waals surface area contributed by atoms with Crippen LogP contribution in [0.3, 0.4) is 0 Å². The molecule has 0 aliphatic heterocycles. The second kappa shape index (κ2) is 6.93. The molecule has 1 heterocycles. The fraction of sp³-hybridized carbons (Fsp3) is 0.125. The molecule has 0 spiro atoms. The quantitative estimate of drug-likeness (QED) is 0.660. The number of halogens is 2. The van der Waals surface area contributed by atoms with Gasteiger partial charge in [0.05, 0.1) is 5.52 Å². The summed E-state index contributed by atoms with van der Waals surface area (Å²) in [5.41, 5.74) is 2.16. The number of carbonyl (C=O) groups excluding carboxylic acids is 1. The van der Waals surface area contributed by atoms with Crippen molar-refractivity contribution in [2.75, 3.05) is 11.8 Å². The summed E-state index contributed by atoms with van der Waals surface area (Å²) in [4.78, 5) is 12.8. The van der Waals surface area contributed by atoms with E-state index in [9.17, 15) is 4.79 Å². The molecule has 0 fully saturated rings. The third kappa shape index (κ3) is 3.45. The number of benzene rings is 2. The Morgan fingerprint density at radius 1 is 1.17 bits per heavy atom. The van der Waals surface area contributed by atoms with Crippen LogP contribution in [0.2, 0.25) is 10.0 Å². The highest BCUT2D eigenvalue weighted by Crippen LogP contribution is 2.29. The van der Waals surface area contributed by atoms with Crippen molar-refractivity contribution < 1.29 is 4.79 Å². The van der Waals surface area contributed by atoms with E-state index in [1.807, 2.05) is 37.4 Å². The number of anilines is 1. The Morgan fingerprint density at radius 3 is 2.54 bits per heavy atom. The minimum atomic E-state index is -0.204. The Hall–Kier alpha value is -1.89. The Morgan fingerprint density at radius 2 is 1.88 bits per heavy atom. The zero-order chi connectivity index (χ0) is 17.3. The average Bonchev–Trinajstić information content (AvgIpc) is 2.88. The minimum absolute atomic E-state index is 0.204. The van der Waals surface area contributed by atoms with Gasteiger partial charge in [0.25, 0.3) is 5.91 Å². The monoisotopic (exact) mass is 380 g/mol. The molecule has 24 heavy (non-hydrogen) atoms. The Labute approximate surface area is 153 Å². The zero-order valence-corrected chi connectivity index (χ0v) is 15.3. The smallest absolute Gasteiger partial charge is 0.272 e. The van der Waals surface area contributed by atoms with Crippen molar-refractivity contribution in [3.05, 3.63) is 52.1 Å². The Balaban J connectivity index is 1.86. The molecule has 2 N–H and O–H groups in total. The number of hydrogen-bond acceptors (Lipinski definition) is 4. The van der Waals surface area contributed by atoms with Crippen LogP contribution in [0.5, 0.6) is 0 Å². The first-order valence-electron chi connectivity index (χ1n) is 7.05. The molecule has 3 aromatic rings. The van der Waals surface area contributed by atoms with Gasteiger partial charge < -0.3 is 10.0 Å². The van der Waals surface area contributed by atoms with Crippen molar-refractivity contribution in [1.29, 1.82) is 0 Å². The van der Waals surface area contributed by atoms with E-state index in [0.29, 0.717) is 15.7 Å². The number of fused-ring (bicyclic) bond motifs is 1. The number of carbonyl (C=O) groups is 1. The van der Waals surface area contributed by atoms with E-state index in [-0.39, 0.29) is 5.91 Å². The van der Waals surface area contributed by atoms with E-state index in [1.54, 1.807) is 17.8 Å². The van der Waals surface area contributed by atoms with E-state index in [0.717, 1.165) is 21.5 Å². The van der Waals surface area contributed by atoms with Crippen LogP contribution < -0.4 is 10.0 Å². The topological polar surface area (TPSA) is 59.0 Å². The van der Waals surface area contributed by atoms with E-state index in [1.165, 1.54) is 11.9 Å². The zero-order valence-electron chi connectivity index (χ0n) is 12.9. The molecule has 0 aliphatic rings. The number of hydrogen-bond donors (Lipinski definition) is 2. The van der Waals surface area contributed by atoms with Gasteiger partial charge in [-0.2, -0.15) is 5.10 Å². The van der Waals surface area contributed by atoms with Gasteiger partial charge in [-0.15, -0.1) is 0 Å². The van der Waals surface area contributed by atoms with Gasteiger partial charge >= 0.3 is 0 Å². The van der Waals surface area contributed by atoms with Crippen LogP contribution in [-0.4, -0.2) is 22.7 Å². The summed E-state index contributed by atoms with van der Waals surface area (Å²) in [6.07, 6.45) is 0. The van der Waals surface area contributed by atoms with Crippen LogP contribution in [0.15, 0.2) is 41.3 Å². The molecular formula is C16H14Cl2N4OS. The molecule has 0 atom stereocenters. The van der Waals surface area contributed by atoms with Gasteiger partial charge in [0.15, 0.2) is 5.69 Å². The van der Waals surface area contributed by atoms with Gasteiger partial charge in [0.2, 0.25) is 0 Å². The van der Waals surface area contributed by atoms with E-state index < -0.39 is 0 Å². The maximum atomic E-state index is 11.9. The summed E-state index contributed by atoms with van der Waals surface area (Å²) >= 11 is 13.4. The van der Waals surface area contributed by atoms with Crippen LogP contribution in [0, 0.1) is 0 Å². The Kier molecular flexibility index (Phi) is 4.89. The van der Waals surface area contributed by atoms with Crippen LogP contribution >= 0.6 is 35.1 Å². The van der Waals surface area contributed by atoms with E-state index in [4.69, 9.17) is 23.2 Å². The summed E-state index contributed by atoms with van der Waals surface area (Å²) in [6.45, 7) is 0. The summed E-state index contributed by atoms with van der Waals surface area (Å²) in [5.74, 6) is -0.204. The van der Waals surface area contributed by atoms with Crippen molar-refractivity contribution in [3.8, 4) is 0 Å². The molecule has 5 nitrogen and oxygen atoms in total. The van der Waals surface area contributed by atoms with Crippen molar-refractivity contribution in [1.82, 2.24) is 15.1 Å². The van der Waals surface area contributed by atoms with Crippen molar-refractivity contribution in [3.63, 3.8) is 0 Å². The van der Waals surface area contributed by atoms with Gasteiger partial charge in [-0.3, -0.25) is 9.48 Å². The summed E-state index contributed by atoms with van der Waals surface area (Å²) < 4.78 is 4.93. The molecule has 124 valence electrons. The molecule has 0 bridgehead atoms. The molecule has 1 aromatic heterocycles. The summed E-state index contributed by atoms with van der Waals surface area (Å²) in [6, 6.07) is 11.1. The highest BCUT2D eigenvalue weighted by Gasteiger charge is 2.15. The molecule has 0 saturated heterocycles. The first-order valence-corrected chi connectivity index (χ1v) is 8.63. The second-order valence-corrected chi connectivity index (χ2v) is 6.85. The third-order valence-corrected chi connectivity index (χ3v) is 4.66. The maximum absolute atomic E-state index is 11.9. The van der Waals surface area contributed by atoms with Crippen LogP contribution in [-0.2, 0) is 7.05 Å². The van der Waals surface area contributed by atoms with E-state index >= 15 is 0 Å². The van der Waals surface area contributed by atoms with Gasteiger partial charge in [-0.25, -0.2) is 0 Å². The fourth-order valence-corrected chi connectivity index (χ4v) is 3.70. The lowest BCUT2D eigenvalue weighted by Gasteiger charge is -2.07. The van der Waals surface area contributed by atoms with Crippen molar-refractivity contribution >= 4 is 57.6 Å². The number of aromatic nitrogens is 2. The standard InChI is InChI=1S/C16H14Cl2N4OS/c1-19-16(23)15-13-4-3-11(8-14(13)22(2)20-15)21-24-12-6-9(17)5-10(18)7-12/h3-8,21H,1-2H3,(H,19,23). The van der Waals surface area contributed by atoms with Gasteiger partial charge in [-0.05, 0) is 48.3 Å². The number of rotatable bonds is 4. The first-order chi connectivity index (χ1) is 11.5. The minimum Gasteiger partial charge on any atom is -0.354 e. The molecule has 0 radical (unpaired) electrons. The van der Waals surface area contributed by atoms with Crippen molar-refractivity contribution in [2.45, 2.75) is 4.90 Å². The highest BCUT2D eigenvalue weighted by molar-refractivity contribution is 8.00. The predicted octanol–water partition coefficient (Wildman–Crippen LogP) is 4.36. The van der Waals surface area contributed by atoms with Crippen molar-refractivity contribution in [2.24, 2.45) is 7.05 Å². The van der Waals surface area contributed by atoms with Gasteiger partial charge in [0.1, 0.15) is 0 Å². The average molecular weight is 381 g/mol. The van der Waals surface area contributed by atoms with Gasteiger partial charge in [-0.1, -0.05) is 23.2 Å². The normalized spacial score (nSPS) is 10.8. The van der Waals surface area contributed by atoms with Crippen LogP contribution in [0.4, 0.5) is 5.69 Å². The first kappa shape index (κ1) is 17.0. The maximum Gasteiger partial charge on any atom is 0.272 e. The van der Waals surface area contributed by atoms with E-state index in [2.05, 4.69) is 15.1 Å². The second-order valence-electron chi connectivity index (χ2n) is 5.09. The lowest BCUT2D eigenvalue weighted by atomic mass is 10.2. The summed E-state index contributed by atoms with van der Waals surface area (Å²) in [5, 5.41) is 8.86. The predicted molar refractivity (Wildman–Crippen MR) is 100 cm³/mol. The highest BCUT2D eigenvalue weighted by atomic mass is 35.5. The lowest BCUT2D eigenvalue weighted by Crippen LogP contribution is -2.18. The van der Waals surface area contributed by atoms with Gasteiger partial charge in [0, 0.05) is 40.1 Å². The molecule has 2 aromatic carbocycles. The fourth-order valence-electron chi connectivity index (χ4n) is 2.31. The number of nitrogens with zero attached hydrogens (tertiary/aromatic N) is 2. The molecule has 3 rings (SSSR count). The molecule has 0 unspecified atom stereocenters. The largest absolute Gasteiger partial charge is 0.354 e. The SMILES string of the molecule is CNC(=O)c1nn(C)c2cc(NSc3cc(Cl)cc(Cl)c3)ccc12. The molecular weight excluding hydrogens is 367 g/mol. The third-order valence-electron chi connectivity index (χ3n) is 3.42. The number of aryl methyl sites for hydroxylation is 1. The number of nitrogens with one attached hydrogen (secondary N) is 2. The molecule has 0 saturated carbocycles. The molecule has 1 amide bonds. The lowest BCUT2D eigenvalue weighted by molar-refractivity contribution is 0.0959. The van der Waals surface area contributed by atoms with Crippen LogP contribution in [0.1, 0.15) is 10.5 Å².